The summed E-state index contributed by atoms with van der Waals surface area (Å²) >= 11 is 0. The predicted molar refractivity (Wildman–Crippen MR) is 60.6 cm³/mol. The molecule has 0 saturated carbocycles. The van der Waals surface area contributed by atoms with Crippen LogP contribution in [-0.4, -0.2) is 9.97 Å². The van der Waals surface area contributed by atoms with Gasteiger partial charge in [-0.25, -0.2) is 9.97 Å². The number of anilines is 4. The average molecular weight is 201 g/mol. The van der Waals surface area contributed by atoms with Crippen LogP contribution in [0.15, 0.2) is 36.7 Å². The Morgan fingerprint density at radius 2 is 1.80 bits per heavy atom. The zero-order chi connectivity index (χ0) is 10.7. The van der Waals surface area contributed by atoms with Gasteiger partial charge in [-0.3, -0.25) is 0 Å². The standard InChI is InChI=1S/C10H11N5/c11-7-3-1-2-4-8(7)15-10-6-13-9(12)5-14-10/h1-6H,11H2,(H2,12,13)(H,14,15). The third-order valence-electron chi connectivity index (χ3n) is 1.90. The lowest BCUT2D eigenvalue weighted by Gasteiger charge is -2.07. The monoisotopic (exact) mass is 201 g/mol. The Morgan fingerprint density at radius 3 is 2.47 bits per heavy atom. The van der Waals surface area contributed by atoms with Crippen molar-refractivity contribution in [2.75, 3.05) is 16.8 Å². The van der Waals surface area contributed by atoms with E-state index in [9.17, 15) is 0 Å². The Bertz CT molecular complexity index is 452. The molecule has 76 valence electrons. The highest BCUT2D eigenvalue weighted by Gasteiger charge is 1.99. The number of para-hydroxylation sites is 2. The summed E-state index contributed by atoms with van der Waals surface area (Å²) in [6, 6.07) is 7.44. The van der Waals surface area contributed by atoms with E-state index in [1.165, 1.54) is 6.20 Å². The quantitative estimate of drug-likeness (QED) is 0.639. The number of nitrogen functional groups attached to an aromatic ring is 2. The van der Waals surface area contributed by atoms with Crippen molar-refractivity contribution in [2.45, 2.75) is 0 Å². The largest absolute Gasteiger partial charge is 0.397 e. The van der Waals surface area contributed by atoms with Crippen molar-refractivity contribution in [1.29, 1.82) is 0 Å². The van der Waals surface area contributed by atoms with Crippen LogP contribution < -0.4 is 16.8 Å². The molecule has 0 aliphatic carbocycles. The maximum Gasteiger partial charge on any atom is 0.149 e. The SMILES string of the molecule is Nc1cnc(Nc2ccccc2N)cn1. The maximum atomic E-state index is 5.76. The highest BCUT2D eigenvalue weighted by molar-refractivity contribution is 5.70. The lowest BCUT2D eigenvalue weighted by atomic mass is 10.3. The number of hydrogen-bond donors (Lipinski definition) is 3. The van der Waals surface area contributed by atoms with Crippen molar-refractivity contribution in [2.24, 2.45) is 0 Å². The van der Waals surface area contributed by atoms with Gasteiger partial charge in [-0.05, 0) is 12.1 Å². The van der Waals surface area contributed by atoms with Crippen LogP contribution in [0.1, 0.15) is 0 Å². The van der Waals surface area contributed by atoms with Gasteiger partial charge >= 0.3 is 0 Å². The summed E-state index contributed by atoms with van der Waals surface area (Å²) in [6.07, 6.45) is 3.04. The molecule has 1 aromatic carbocycles. The lowest BCUT2D eigenvalue weighted by molar-refractivity contribution is 1.21. The third-order valence-corrected chi connectivity index (χ3v) is 1.90. The normalized spacial score (nSPS) is 9.87. The molecule has 0 fully saturated rings. The molecule has 5 N–H and O–H groups in total. The summed E-state index contributed by atoms with van der Waals surface area (Å²) < 4.78 is 0. The number of aromatic nitrogens is 2. The Morgan fingerprint density at radius 1 is 1.00 bits per heavy atom. The number of nitrogens with one attached hydrogen (secondary N) is 1. The molecule has 0 unspecified atom stereocenters. The van der Waals surface area contributed by atoms with Gasteiger partial charge in [0.15, 0.2) is 0 Å². The van der Waals surface area contributed by atoms with Crippen molar-refractivity contribution >= 4 is 23.0 Å². The molecule has 0 aliphatic rings. The predicted octanol–water partition coefficient (Wildman–Crippen LogP) is 1.38. The molecule has 0 radical (unpaired) electrons. The Kier molecular flexibility index (Phi) is 2.37. The number of benzene rings is 1. The van der Waals surface area contributed by atoms with Crippen molar-refractivity contribution in [3.8, 4) is 0 Å². The van der Waals surface area contributed by atoms with E-state index in [1.807, 2.05) is 24.3 Å². The third kappa shape index (κ3) is 2.14. The van der Waals surface area contributed by atoms with Crippen LogP contribution in [0, 0.1) is 0 Å². The molecule has 1 aromatic heterocycles. The first kappa shape index (κ1) is 9.26. The molecule has 0 aliphatic heterocycles. The number of rotatable bonds is 2. The van der Waals surface area contributed by atoms with Crippen LogP contribution in [0.4, 0.5) is 23.0 Å². The molecule has 0 atom stereocenters. The summed E-state index contributed by atoms with van der Waals surface area (Å²) in [7, 11) is 0. The van der Waals surface area contributed by atoms with E-state index in [2.05, 4.69) is 15.3 Å². The molecular weight excluding hydrogens is 190 g/mol. The average Bonchev–Trinajstić information content (AvgIpc) is 2.25. The van der Waals surface area contributed by atoms with E-state index in [4.69, 9.17) is 11.5 Å². The summed E-state index contributed by atoms with van der Waals surface area (Å²) in [5.74, 6) is 1.00. The Labute approximate surface area is 87.2 Å². The van der Waals surface area contributed by atoms with Gasteiger partial charge in [-0.15, -0.1) is 0 Å². The van der Waals surface area contributed by atoms with Crippen molar-refractivity contribution < 1.29 is 0 Å². The molecular formula is C10H11N5. The van der Waals surface area contributed by atoms with Gasteiger partial charge in [0.25, 0.3) is 0 Å². The molecule has 0 amide bonds. The van der Waals surface area contributed by atoms with Gasteiger partial charge in [0, 0.05) is 0 Å². The summed E-state index contributed by atoms with van der Waals surface area (Å²) in [5, 5.41) is 3.05. The first-order chi connectivity index (χ1) is 7.25. The number of nitrogens with zero attached hydrogens (tertiary/aromatic N) is 2. The van der Waals surface area contributed by atoms with Gasteiger partial charge in [0.05, 0.1) is 23.8 Å². The van der Waals surface area contributed by atoms with Gasteiger partial charge in [-0.2, -0.15) is 0 Å². The van der Waals surface area contributed by atoms with E-state index in [1.54, 1.807) is 6.20 Å². The molecule has 5 nitrogen and oxygen atoms in total. The number of nitrogens with two attached hydrogens (primary N) is 2. The van der Waals surface area contributed by atoms with Gasteiger partial charge in [-0.1, -0.05) is 12.1 Å². The van der Waals surface area contributed by atoms with E-state index < -0.39 is 0 Å². The minimum atomic E-state index is 0.390. The molecule has 1 heterocycles. The minimum Gasteiger partial charge on any atom is -0.397 e. The van der Waals surface area contributed by atoms with Crippen LogP contribution >= 0.6 is 0 Å². The topological polar surface area (TPSA) is 89.8 Å². The molecule has 0 bridgehead atoms. The second-order valence-electron chi connectivity index (χ2n) is 3.04. The fourth-order valence-corrected chi connectivity index (χ4v) is 1.15. The minimum absolute atomic E-state index is 0.390. The van der Waals surface area contributed by atoms with Crippen LogP contribution in [0.25, 0.3) is 0 Å². The highest BCUT2D eigenvalue weighted by atomic mass is 15.0. The highest BCUT2D eigenvalue weighted by Crippen LogP contribution is 2.20. The van der Waals surface area contributed by atoms with Crippen molar-refractivity contribution in [3.63, 3.8) is 0 Å². The number of hydrogen-bond acceptors (Lipinski definition) is 5. The molecule has 0 saturated heterocycles. The zero-order valence-electron chi connectivity index (χ0n) is 8.01. The van der Waals surface area contributed by atoms with Crippen LogP contribution in [0.5, 0.6) is 0 Å². The Balaban J connectivity index is 2.22. The molecule has 2 aromatic rings. The van der Waals surface area contributed by atoms with Crippen molar-refractivity contribution in [3.05, 3.63) is 36.7 Å². The fraction of sp³-hybridized carbons (Fsp3) is 0. The smallest absolute Gasteiger partial charge is 0.149 e. The summed E-state index contributed by atoms with van der Waals surface area (Å²) in [4.78, 5) is 7.98. The second kappa shape index (κ2) is 3.83. The molecule has 0 spiro atoms. The van der Waals surface area contributed by atoms with E-state index in [0.717, 1.165) is 5.69 Å². The fourth-order valence-electron chi connectivity index (χ4n) is 1.15. The molecule has 15 heavy (non-hydrogen) atoms. The van der Waals surface area contributed by atoms with Gasteiger partial charge < -0.3 is 16.8 Å². The van der Waals surface area contributed by atoms with Crippen LogP contribution in [0.3, 0.4) is 0 Å². The van der Waals surface area contributed by atoms with E-state index in [0.29, 0.717) is 17.3 Å². The first-order valence-corrected chi connectivity index (χ1v) is 4.45. The second-order valence-corrected chi connectivity index (χ2v) is 3.04. The zero-order valence-corrected chi connectivity index (χ0v) is 8.01. The molecule has 5 heteroatoms. The Hall–Kier alpha value is -2.30. The van der Waals surface area contributed by atoms with Crippen LogP contribution in [0.2, 0.25) is 0 Å². The van der Waals surface area contributed by atoms with E-state index in [-0.39, 0.29) is 0 Å². The maximum absolute atomic E-state index is 5.76. The van der Waals surface area contributed by atoms with Gasteiger partial charge in [0.1, 0.15) is 11.6 Å². The van der Waals surface area contributed by atoms with Crippen LogP contribution in [-0.2, 0) is 0 Å². The van der Waals surface area contributed by atoms with Gasteiger partial charge in [0.2, 0.25) is 0 Å². The lowest BCUT2D eigenvalue weighted by Crippen LogP contribution is -1.99. The van der Waals surface area contributed by atoms with Crippen molar-refractivity contribution in [1.82, 2.24) is 9.97 Å². The first-order valence-electron chi connectivity index (χ1n) is 4.45. The summed E-state index contributed by atoms with van der Waals surface area (Å²) in [5.41, 5.74) is 12.7. The molecule has 2 rings (SSSR count). The summed E-state index contributed by atoms with van der Waals surface area (Å²) in [6.45, 7) is 0. The van der Waals surface area contributed by atoms with E-state index >= 15 is 0 Å².